The number of amides is 1. The van der Waals surface area contributed by atoms with Crippen molar-refractivity contribution in [1.82, 2.24) is 10.2 Å². The van der Waals surface area contributed by atoms with Gasteiger partial charge in [-0.15, -0.1) is 0 Å². The molecule has 0 spiro atoms. The van der Waals surface area contributed by atoms with Crippen LogP contribution in [-0.2, 0) is 4.79 Å². The second-order valence-electron chi connectivity index (χ2n) is 12.0. The van der Waals surface area contributed by atoms with Crippen molar-refractivity contribution in [1.29, 1.82) is 0 Å². The number of nitrogens with two attached hydrogens (primary N) is 1. The zero-order valence-electron chi connectivity index (χ0n) is 22.5. The van der Waals surface area contributed by atoms with Crippen molar-refractivity contribution in [2.24, 2.45) is 34.4 Å². The predicted octanol–water partition coefficient (Wildman–Crippen LogP) is 4.62. The number of amidine groups is 1. The maximum absolute atomic E-state index is 13.6. The summed E-state index contributed by atoms with van der Waals surface area (Å²) in [6.45, 7) is 13.2. The fourth-order valence-corrected chi connectivity index (χ4v) is 6.82. The zero-order chi connectivity index (χ0) is 25.0. The molecule has 1 saturated heterocycles. The molecule has 34 heavy (non-hydrogen) atoms. The Kier molecular flexibility index (Phi) is 9.10. The molecular formula is C28H50N4O2. The molecule has 3 rings (SSSR count). The van der Waals surface area contributed by atoms with E-state index in [-0.39, 0.29) is 23.9 Å². The fourth-order valence-electron chi connectivity index (χ4n) is 6.82. The summed E-state index contributed by atoms with van der Waals surface area (Å²) >= 11 is 0. The van der Waals surface area contributed by atoms with E-state index in [0.29, 0.717) is 36.6 Å². The van der Waals surface area contributed by atoms with Gasteiger partial charge in [0.2, 0.25) is 5.91 Å². The van der Waals surface area contributed by atoms with E-state index in [1.807, 2.05) is 6.92 Å². The molecular weight excluding hydrogens is 424 g/mol. The number of hydrogen-bond acceptors (Lipinski definition) is 4. The Hall–Kier alpha value is -1.56. The van der Waals surface area contributed by atoms with E-state index >= 15 is 0 Å². The molecule has 6 heteroatoms. The Morgan fingerprint density at radius 1 is 1.21 bits per heavy atom. The number of aliphatic hydroxyl groups excluding tert-OH is 1. The van der Waals surface area contributed by atoms with Crippen LogP contribution in [0.1, 0.15) is 99.3 Å². The second-order valence-corrected chi connectivity index (χ2v) is 12.0. The number of likely N-dealkylation sites (tertiary alicyclic amines) is 1. The van der Waals surface area contributed by atoms with Gasteiger partial charge >= 0.3 is 0 Å². The van der Waals surface area contributed by atoms with E-state index in [0.717, 1.165) is 19.3 Å². The lowest BCUT2D eigenvalue weighted by atomic mass is 9.65. The van der Waals surface area contributed by atoms with Gasteiger partial charge in [-0.05, 0) is 64.0 Å². The molecule has 0 radical (unpaired) electrons. The molecule has 3 aliphatic rings. The number of carbonyl (C=O) groups excluding carboxylic acids is 1. The molecule has 0 aromatic rings. The number of aliphatic imine (C=N–C) groups is 1. The highest BCUT2D eigenvalue weighted by molar-refractivity contribution is 5.80. The molecule has 6 nitrogen and oxygen atoms in total. The third-order valence-corrected chi connectivity index (χ3v) is 8.70. The van der Waals surface area contributed by atoms with Crippen LogP contribution in [0.3, 0.4) is 0 Å². The second kappa shape index (κ2) is 11.5. The van der Waals surface area contributed by atoms with E-state index < -0.39 is 11.6 Å². The lowest BCUT2D eigenvalue weighted by molar-refractivity contribution is -0.131. The van der Waals surface area contributed by atoms with Crippen molar-refractivity contribution in [3.8, 4) is 0 Å². The number of hydrogen-bond donors (Lipinski definition) is 3. The molecule has 194 valence electrons. The first-order valence-electron chi connectivity index (χ1n) is 13.8. The van der Waals surface area contributed by atoms with Crippen LogP contribution in [-0.4, -0.2) is 52.0 Å². The Labute approximate surface area is 207 Å². The minimum atomic E-state index is -0.727. The Morgan fingerprint density at radius 2 is 1.88 bits per heavy atom. The van der Waals surface area contributed by atoms with Crippen molar-refractivity contribution in [3.05, 3.63) is 11.8 Å². The number of nitrogens with zero attached hydrogens (tertiary/aromatic N) is 2. The average Bonchev–Trinajstić information content (AvgIpc) is 3.02. The van der Waals surface area contributed by atoms with E-state index in [1.54, 1.807) is 0 Å². The van der Waals surface area contributed by atoms with E-state index in [9.17, 15) is 9.90 Å². The normalized spacial score (nSPS) is 35.1. The van der Waals surface area contributed by atoms with Gasteiger partial charge in [-0.2, -0.15) is 0 Å². The average molecular weight is 475 g/mol. The predicted molar refractivity (Wildman–Crippen MR) is 140 cm³/mol. The quantitative estimate of drug-likeness (QED) is 0.354. The van der Waals surface area contributed by atoms with Crippen LogP contribution in [0.2, 0.25) is 0 Å². The molecule has 1 heterocycles. The molecule has 4 N–H and O–H groups in total. The maximum atomic E-state index is 13.6. The summed E-state index contributed by atoms with van der Waals surface area (Å²) in [7, 11) is 0. The van der Waals surface area contributed by atoms with Crippen LogP contribution < -0.4 is 11.1 Å². The first-order valence-corrected chi connectivity index (χ1v) is 13.8. The van der Waals surface area contributed by atoms with Crippen molar-refractivity contribution in [2.45, 2.75) is 123 Å². The molecule has 1 amide bonds. The largest absolute Gasteiger partial charge is 0.388 e. The van der Waals surface area contributed by atoms with Crippen LogP contribution in [0.4, 0.5) is 0 Å². The summed E-state index contributed by atoms with van der Waals surface area (Å²) < 4.78 is 0. The Balaban J connectivity index is 1.85. The highest BCUT2D eigenvalue weighted by Gasteiger charge is 2.54. The summed E-state index contributed by atoms with van der Waals surface area (Å²) in [6, 6.07) is -0.470. The summed E-state index contributed by atoms with van der Waals surface area (Å²) in [5.41, 5.74) is 6.73. The highest BCUT2D eigenvalue weighted by atomic mass is 16.3. The van der Waals surface area contributed by atoms with Gasteiger partial charge in [0, 0.05) is 18.9 Å². The van der Waals surface area contributed by atoms with Crippen LogP contribution in [0.25, 0.3) is 0 Å². The lowest BCUT2D eigenvalue weighted by Crippen LogP contribution is -2.57. The standard InChI is InChI=1S/C28H50N4O2/c1-7-25(29)31-24(15-18(2)3)28(6)26(33)23(17-32(28)16-19(4)5)30-27(34)22-14-10-12-20-11-8-9-13-21(20)22/h16,18,20-24,26,33H,7-15,17H2,1-6H3,(H2,29,31)(H,30,34)/t20?,21?,22?,23?,24?,26-,28?/m1/s1. The van der Waals surface area contributed by atoms with E-state index in [4.69, 9.17) is 10.7 Å². The van der Waals surface area contributed by atoms with Gasteiger partial charge in [-0.1, -0.05) is 58.4 Å². The minimum absolute atomic E-state index is 0.0928. The van der Waals surface area contributed by atoms with Gasteiger partial charge in [0.1, 0.15) is 6.10 Å². The van der Waals surface area contributed by atoms with Gasteiger partial charge < -0.3 is 21.1 Å². The third kappa shape index (κ3) is 5.80. The number of allylic oxidation sites excluding steroid dienone is 1. The first-order chi connectivity index (χ1) is 16.1. The molecule has 6 unspecified atom stereocenters. The Bertz CT molecular complexity index is 758. The molecule has 0 aromatic carbocycles. The summed E-state index contributed by atoms with van der Waals surface area (Å²) in [6.07, 6.45) is 11.3. The van der Waals surface area contributed by atoms with E-state index in [1.165, 1.54) is 37.7 Å². The van der Waals surface area contributed by atoms with Crippen LogP contribution in [0.15, 0.2) is 16.8 Å². The number of fused-ring (bicyclic) bond motifs is 1. The Morgan fingerprint density at radius 3 is 2.53 bits per heavy atom. The van der Waals surface area contributed by atoms with Gasteiger partial charge in [-0.3, -0.25) is 9.79 Å². The van der Waals surface area contributed by atoms with Crippen LogP contribution in [0, 0.1) is 23.7 Å². The maximum Gasteiger partial charge on any atom is 0.223 e. The van der Waals surface area contributed by atoms with Gasteiger partial charge in [-0.25, -0.2) is 0 Å². The number of rotatable bonds is 8. The van der Waals surface area contributed by atoms with Crippen molar-refractivity contribution >= 4 is 11.7 Å². The van der Waals surface area contributed by atoms with Crippen molar-refractivity contribution < 1.29 is 9.90 Å². The SMILES string of the molecule is CCC(N)=NC(CC(C)C)C1(C)[C@H](O)C(NC(=O)C2CCCC3CCCCC32)CN1C=C(C)C. The van der Waals surface area contributed by atoms with Crippen molar-refractivity contribution in [2.75, 3.05) is 6.54 Å². The van der Waals surface area contributed by atoms with E-state index in [2.05, 4.69) is 51.0 Å². The topological polar surface area (TPSA) is 91.0 Å². The minimum Gasteiger partial charge on any atom is -0.388 e. The zero-order valence-corrected chi connectivity index (χ0v) is 22.5. The van der Waals surface area contributed by atoms with Crippen LogP contribution in [0.5, 0.6) is 0 Å². The monoisotopic (exact) mass is 474 g/mol. The summed E-state index contributed by atoms with van der Waals surface area (Å²) in [5, 5.41) is 15.1. The summed E-state index contributed by atoms with van der Waals surface area (Å²) in [4.78, 5) is 20.7. The molecule has 7 atom stereocenters. The molecule has 2 aliphatic carbocycles. The summed E-state index contributed by atoms with van der Waals surface area (Å²) in [5.74, 6) is 2.50. The van der Waals surface area contributed by atoms with Gasteiger partial charge in [0.15, 0.2) is 0 Å². The van der Waals surface area contributed by atoms with Gasteiger partial charge in [0.05, 0.1) is 23.5 Å². The number of nitrogens with one attached hydrogen (secondary N) is 1. The molecule has 1 aliphatic heterocycles. The molecule has 0 bridgehead atoms. The smallest absolute Gasteiger partial charge is 0.223 e. The highest BCUT2D eigenvalue weighted by Crippen LogP contribution is 2.44. The molecule has 2 saturated carbocycles. The molecule has 3 fully saturated rings. The third-order valence-electron chi connectivity index (χ3n) is 8.70. The first kappa shape index (κ1) is 27.0. The van der Waals surface area contributed by atoms with Crippen LogP contribution >= 0.6 is 0 Å². The molecule has 0 aromatic heterocycles. The van der Waals surface area contributed by atoms with Gasteiger partial charge in [0.25, 0.3) is 0 Å². The number of aliphatic hydroxyl groups is 1. The number of carbonyl (C=O) groups is 1. The fraction of sp³-hybridized carbons (Fsp3) is 0.857. The lowest BCUT2D eigenvalue weighted by Gasteiger charge is -2.43. The van der Waals surface area contributed by atoms with Crippen molar-refractivity contribution in [3.63, 3.8) is 0 Å².